The van der Waals surface area contributed by atoms with Crippen LogP contribution in [0.1, 0.15) is 5.56 Å². The van der Waals surface area contributed by atoms with Crippen LogP contribution in [0.3, 0.4) is 0 Å². The van der Waals surface area contributed by atoms with Gasteiger partial charge >= 0.3 is 0 Å². The number of carbonyl (C=O) groups is 1. The number of nitro groups is 1. The molecule has 0 radical (unpaired) electrons. The maximum Gasteiger partial charge on any atom is 0.285 e. The number of hydroxylamine groups is 1. The number of amides is 1. The van der Waals surface area contributed by atoms with Gasteiger partial charge in [0, 0.05) is 12.1 Å². The van der Waals surface area contributed by atoms with E-state index in [1.54, 1.807) is 0 Å². The summed E-state index contributed by atoms with van der Waals surface area (Å²) in [5, 5.41) is 10.6. The fraction of sp³-hybridized carbons (Fsp3) is 0.143. The lowest BCUT2D eigenvalue weighted by Crippen LogP contribution is -2.31. The van der Waals surface area contributed by atoms with E-state index >= 15 is 0 Å². The molecule has 1 aromatic heterocycles. The van der Waals surface area contributed by atoms with E-state index in [1.165, 1.54) is 0 Å². The second-order valence-electron chi connectivity index (χ2n) is 4.41. The molecule has 8 heteroatoms. The molecule has 2 rings (SSSR count). The Balaban J connectivity index is 1.91. The first-order chi connectivity index (χ1) is 10.6. The molecule has 0 spiro atoms. The zero-order valence-corrected chi connectivity index (χ0v) is 11.5. The quantitative estimate of drug-likeness (QED) is 0.633. The third-order valence-corrected chi connectivity index (χ3v) is 2.76. The largest absolute Gasteiger partial charge is 0.299 e. The van der Waals surface area contributed by atoms with Gasteiger partial charge in [0.2, 0.25) is 0 Å². The lowest BCUT2D eigenvalue weighted by Gasteiger charge is -2.07. The number of rotatable bonds is 6. The van der Waals surface area contributed by atoms with Crippen molar-refractivity contribution in [2.75, 3.05) is 0 Å². The Kier molecular flexibility index (Phi) is 4.99. The molecule has 0 saturated heterocycles. The topological polar surface area (TPSA) is 103 Å². The zero-order chi connectivity index (χ0) is 15.9. The van der Waals surface area contributed by atoms with Gasteiger partial charge in [0.25, 0.3) is 17.2 Å². The SMILES string of the molecule is O=C(Cn1cc([N+](=O)[O-])ccc1=O)NOCc1ccccc1. The maximum atomic E-state index is 11.7. The van der Waals surface area contributed by atoms with Gasteiger partial charge in [-0.2, -0.15) is 0 Å². The molecule has 0 unspecified atom stereocenters. The fourth-order valence-corrected chi connectivity index (χ4v) is 1.71. The van der Waals surface area contributed by atoms with Crippen molar-refractivity contribution in [2.24, 2.45) is 0 Å². The van der Waals surface area contributed by atoms with Crippen molar-refractivity contribution >= 4 is 11.6 Å². The average Bonchev–Trinajstić information content (AvgIpc) is 2.50. The van der Waals surface area contributed by atoms with Gasteiger partial charge in [-0.15, -0.1) is 0 Å². The summed E-state index contributed by atoms with van der Waals surface area (Å²) in [4.78, 5) is 38.2. The second-order valence-corrected chi connectivity index (χ2v) is 4.41. The first-order valence-electron chi connectivity index (χ1n) is 6.35. The molecule has 0 aliphatic rings. The van der Waals surface area contributed by atoms with Crippen LogP contribution in [0.2, 0.25) is 0 Å². The summed E-state index contributed by atoms with van der Waals surface area (Å²) in [6.07, 6.45) is 1.01. The summed E-state index contributed by atoms with van der Waals surface area (Å²) in [6.45, 7) is -0.189. The van der Waals surface area contributed by atoms with Crippen molar-refractivity contribution in [3.63, 3.8) is 0 Å². The standard InChI is InChI=1S/C14H13N3O5/c18-13(15-22-10-11-4-2-1-3-5-11)9-16-8-12(17(20)21)6-7-14(16)19/h1-8H,9-10H2,(H,15,18). The van der Waals surface area contributed by atoms with E-state index in [9.17, 15) is 19.7 Å². The maximum absolute atomic E-state index is 11.7. The molecule has 0 fully saturated rings. The van der Waals surface area contributed by atoms with Gasteiger partial charge in [0.05, 0.1) is 17.7 Å². The van der Waals surface area contributed by atoms with Crippen molar-refractivity contribution in [3.05, 3.63) is 74.7 Å². The average molecular weight is 303 g/mol. The summed E-state index contributed by atoms with van der Waals surface area (Å²) in [6, 6.07) is 11.3. The monoisotopic (exact) mass is 303 g/mol. The van der Waals surface area contributed by atoms with Crippen molar-refractivity contribution in [2.45, 2.75) is 13.2 Å². The second kappa shape index (κ2) is 7.14. The van der Waals surface area contributed by atoms with E-state index in [0.717, 1.165) is 28.5 Å². The van der Waals surface area contributed by atoms with Crippen molar-refractivity contribution in [1.29, 1.82) is 0 Å². The number of nitrogens with one attached hydrogen (secondary N) is 1. The highest BCUT2D eigenvalue weighted by Gasteiger charge is 2.10. The minimum atomic E-state index is -0.639. The molecule has 1 N–H and O–H groups in total. The third kappa shape index (κ3) is 4.25. The highest BCUT2D eigenvalue weighted by molar-refractivity contribution is 5.74. The Morgan fingerprint density at radius 3 is 2.64 bits per heavy atom. The minimum Gasteiger partial charge on any atom is -0.299 e. The number of pyridine rings is 1. The summed E-state index contributed by atoms with van der Waals surface area (Å²) >= 11 is 0. The normalized spacial score (nSPS) is 10.2. The number of hydrogen-bond donors (Lipinski definition) is 1. The third-order valence-electron chi connectivity index (χ3n) is 2.76. The molecule has 1 heterocycles. The molecule has 2 aromatic rings. The Bertz CT molecular complexity index is 727. The highest BCUT2D eigenvalue weighted by atomic mass is 16.7. The first-order valence-corrected chi connectivity index (χ1v) is 6.35. The van der Waals surface area contributed by atoms with Crippen LogP contribution in [-0.2, 0) is 22.8 Å². The van der Waals surface area contributed by atoms with Crippen molar-refractivity contribution in [1.82, 2.24) is 10.0 Å². The van der Waals surface area contributed by atoms with E-state index in [0.29, 0.717) is 0 Å². The predicted molar refractivity (Wildman–Crippen MR) is 76.7 cm³/mol. The van der Waals surface area contributed by atoms with Crippen LogP contribution in [0, 0.1) is 10.1 Å². The number of benzene rings is 1. The molecule has 1 aromatic carbocycles. The zero-order valence-electron chi connectivity index (χ0n) is 11.5. The first kappa shape index (κ1) is 15.4. The van der Waals surface area contributed by atoms with E-state index < -0.39 is 16.4 Å². The van der Waals surface area contributed by atoms with Crippen LogP contribution in [0.5, 0.6) is 0 Å². The van der Waals surface area contributed by atoms with Crippen LogP contribution in [0.25, 0.3) is 0 Å². The number of hydrogen-bond acceptors (Lipinski definition) is 5. The minimum absolute atomic E-state index is 0.177. The van der Waals surface area contributed by atoms with Crippen LogP contribution in [0.4, 0.5) is 5.69 Å². The summed E-state index contributed by atoms with van der Waals surface area (Å²) < 4.78 is 0.944. The van der Waals surface area contributed by atoms with Gasteiger partial charge in [-0.05, 0) is 5.56 Å². The van der Waals surface area contributed by atoms with Crippen molar-refractivity contribution < 1.29 is 14.6 Å². The smallest absolute Gasteiger partial charge is 0.285 e. The summed E-state index contributed by atoms with van der Waals surface area (Å²) in [5.41, 5.74) is 2.28. The molecule has 8 nitrogen and oxygen atoms in total. The van der Waals surface area contributed by atoms with E-state index in [-0.39, 0.29) is 18.8 Å². The Labute approximate surface area is 125 Å². The Morgan fingerprint density at radius 1 is 1.23 bits per heavy atom. The van der Waals surface area contributed by atoms with Gasteiger partial charge < -0.3 is 0 Å². The Hall–Kier alpha value is -3.00. The number of nitrogens with zero attached hydrogens (tertiary/aromatic N) is 2. The van der Waals surface area contributed by atoms with Crippen LogP contribution in [0.15, 0.2) is 53.5 Å². The van der Waals surface area contributed by atoms with Crippen LogP contribution >= 0.6 is 0 Å². The van der Waals surface area contributed by atoms with Gasteiger partial charge in [0.1, 0.15) is 6.54 Å². The molecule has 22 heavy (non-hydrogen) atoms. The van der Waals surface area contributed by atoms with E-state index in [2.05, 4.69) is 5.48 Å². The molecule has 0 aliphatic carbocycles. The lowest BCUT2D eigenvalue weighted by molar-refractivity contribution is -0.385. The van der Waals surface area contributed by atoms with Gasteiger partial charge in [-0.3, -0.25) is 29.1 Å². The summed E-state index contributed by atoms with van der Waals surface area (Å²) in [7, 11) is 0. The molecular weight excluding hydrogens is 290 g/mol. The molecule has 1 amide bonds. The molecule has 0 saturated carbocycles. The van der Waals surface area contributed by atoms with Gasteiger partial charge in [-0.25, -0.2) is 5.48 Å². The van der Waals surface area contributed by atoms with Crippen LogP contribution < -0.4 is 11.0 Å². The molecular formula is C14H13N3O5. The molecule has 0 aliphatic heterocycles. The van der Waals surface area contributed by atoms with Crippen LogP contribution in [-0.4, -0.2) is 15.4 Å². The molecule has 114 valence electrons. The predicted octanol–water partition coefficient (Wildman–Crippen LogP) is 1.00. The summed E-state index contributed by atoms with van der Waals surface area (Å²) in [5.74, 6) is -0.585. The number of aromatic nitrogens is 1. The van der Waals surface area contributed by atoms with E-state index in [4.69, 9.17) is 4.84 Å². The molecule has 0 bridgehead atoms. The lowest BCUT2D eigenvalue weighted by atomic mass is 10.2. The fourth-order valence-electron chi connectivity index (χ4n) is 1.71. The highest BCUT2D eigenvalue weighted by Crippen LogP contribution is 2.06. The number of carbonyl (C=O) groups excluding carboxylic acids is 1. The molecule has 0 atom stereocenters. The van der Waals surface area contributed by atoms with E-state index in [1.807, 2.05) is 30.3 Å². The van der Waals surface area contributed by atoms with Gasteiger partial charge in [0.15, 0.2) is 0 Å². The Morgan fingerprint density at radius 2 is 1.95 bits per heavy atom. The van der Waals surface area contributed by atoms with Crippen molar-refractivity contribution in [3.8, 4) is 0 Å². The van der Waals surface area contributed by atoms with Gasteiger partial charge in [-0.1, -0.05) is 30.3 Å².